The zero-order valence-corrected chi connectivity index (χ0v) is 19.8. The van der Waals surface area contributed by atoms with E-state index in [1.54, 1.807) is 45.9 Å². The highest BCUT2D eigenvalue weighted by Gasteiger charge is 2.32. The molecule has 0 spiro atoms. The van der Waals surface area contributed by atoms with Crippen LogP contribution in [-0.2, 0) is 5.54 Å². The van der Waals surface area contributed by atoms with Crippen LogP contribution in [0, 0.1) is 36.0 Å². The van der Waals surface area contributed by atoms with Gasteiger partial charge in [-0.15, -0.1) is 0 Å². The summed E-state index contributed by atoms with van der Waals surface area (Å²) in [6, 6.07) is 6.29. The molecule has 0 radical (unpaired) electrons. The third kappa shape index (κ3) is 4.75. The first kappa shape index (κ1) is 25.5. The summed E-state index contributed by atoms with van der Waals surface area (Å²) in [7, 11) is 0. The van der Waals surface area contributed by atoms with E-state index in [1.165, 1.54) is 17.7 Å². The van der Waals surface area contributed by atoms with E-state index < -0.39 is 45.5 Å². The van der Waals surface area contributed by atoms with Gasteiger partial charge < -0.3 is 9.47 Å². The molecule has 3 rings (SSSR count). The summed E-state index contributed by atoms with van der Waals surface area (Å²) in [5.74, 6) is -11.2. The molecule has 0 atom stereocenters. The smallest absolute Gasteiger partial charge is 0.348 e. The molecule has 3 aromatic rings. The molecule has 0 saturated heterocycles. The monoisotopic (exact) mass is 500 g/mol. The molecule has 0 aliphatic rings. The van der Waals surface area contributed by atoms with Crippen molar-refractivity contribution >= 4 is 17.7 Å². The largest absolute Gasteiger partial charge is 0.493 e. The van der Waals surface area contributed by atoms with E-state index in [-0.39, 0.29) is 46.2 Å². The van der Waals surface area contributed by atoms with E-state index in [0.29, 0.717) is 0 Å². The van der Waals surface area contributed by atoms with Crippen molar-refractivity contribution in [3.8, 4) is 11.6 Å². The number of ether oxygens (including phenoxy) is 2. The molecule has 182 valence electrons. The molecule has 34 heavy (non-hydrogen) atoms. The summed E-state index contributed by atoms with van der Waals surface area (Å²) < 4.78 is 82.1. The number of nitrogens with zero attached hydrogens (tertiary/aromatic N) is 2. The Labute approximate surface area is 196 Å². The molecule has 1 aromatic heterocycles. The first-order chi connectivity index (χ1) is 15.9. The minimum absolute atomic E-state index is 0.0795. The summed E-state index contributed by atoms with van der Waals surface area (Å²) >= 11 is 0.231. The number of para-hydroxylation sites is 1. The average molecular weight is 500 g/mol. The zero-order valence-electron chi connectivity index (χ0n) is 18.9. The second-order valence-electron chi connectivity index (χ2n) is 8.12. The van der Waals surface area contributed by atoms with Crippen LogP contribution in [0.5, 0.6) is 11.6 Å². The highest BCUT2D eigenvalue weighted by atomic mass is 32.2. The minimum atomic E-state index is -2.26. The third-order valence-corrected chi connectivity index (χ3v) is 5.81. The summed E-state index contributed by atoms with van der Waals surface area (Å²) in [6.45, 7) is 8.68. The molecular formula is C23H21F5N2O3S. The number of halogens is 5. The maximum absolute atomic E-state index is 14.4. The predicted octanol–water partition coefficient (Wildman–Crippen LogP) is 6.41. The number of carbonyl (C=O) groups is 1. The van der Waals surface area contributed by atoms with E-state index in [4.69, 9.17) is 9.47 Å². The normalized spacial score (nSPS) is 11.6. The van der Waals surface area contributed by atoms with Gasteiger partial charge in [0.15, 0.2) is 23.3 Å². The highest BCUT2D eigenvalue weighted by Crippen LogP contribution is 2.43. The van der Waals surface area contributed by atoms with Gasteiger partial charge >= 0.3 is 5.97 Å². The Hall–Kier alpha value is -3.08. The fraction of sp³-hybridized carbons (Fsp3) is 0.304. The van der Waals surface area contributed by atoms with Crippen LogP contribution in [0.15, 0.2) is 34.1 Å². The fourth-order valence-electron chi connectivity index (χ4n) is 2.99. The number of aromatic nitrogens is 2. The molecule has 5 nitrogen and oxygen atoms in total. The summed E-state index contributed by atoms with van der Waals surface area (Å²) in [5.41, 5.74) is -0.532. The Morgan fingerprint density at radius 3 is 2.09 bits per heavy atom. The number of aryl methyl sites for hydroxylation is 1. The molecular weight excluding hydrogens is 479 g/mol. The highest BCUT2D eigenvalue weighted by molar-refractivity contribution is 7.99. The second-order valence-corrected chi connectivity index (χ2v) is 9.14. The van der Waals surface area contributed by atoms with Gasteiger partial charge in [-0.25, -0.2) is 31.4 Å². The van der Waals surface area contributed by atoms with Crippen molar-refractivity contribution < 1.29 is 36.2 Å². The molecule has 0 N–H and O–H groups in total. The zero-order chi connectivity index (χ0) is 25.4. The quantitative estimate of drug-likeness (QED) is 0.169. The van der Waals surface area contributed by atoms with Gasteiger partial charge in [0.2, 0.25) is 11.7 Å². The second kappa shape index (κ2) is 9.65. The lowest BCUT2D eigenvalue weighted by Gasteiger charge is -2.22. The van der Waals surface area contributed by atoms with Gasteiger partial charge in [-0.05, 0) is 46.8 Å². The van der Waals surface area contributed by atoms with E-state index in [2.05, 4.69) is 5.10 Å². The molecule has 0 fully saturated rings. The van der Waals surface area contributed by atoms with Gasteiger partial charge in [0.25, 0.3) is 0 Å². The molecule has 0 amide bonds. The lowest BCUT2D eigenvalue weighted by molar-refractivity contribution is 0.0699. The Bertz CT molecular complexity index is 1230. The van der Waals surface area contributed by atoms with E-state index in [1.807, 2.05) is 0 Å². The Morgan fingerprint density at radius 2 is 1.53 bits per heavy atom. The van der Waals surface area contributed by atoms with Crippen molar-refractivity contribution in [2.45, 2.75) is 49.9 Å². The first-order valence-corrected chi connectivity index (χ1v) is 10.9. The Balaban J connectivity index is 2.14. The average Bonchev–Trinajstić information content (AvgIpc) is 3.09. The number of rotatable bonds is 6. The van der Waals surface area contributed by atoms with Crippen LogP contribution in [0.25, 0.3) is 0 Å². The number of hydrogen-bond acceptors (Lipinski definition) is 5. The number of benzene rings is 2. The molecule has 0 aliphatic heterocycles. The van der Waals surface area contributed by atoms with Crippen molar-refractivity contribution in [3.63, 3.8) is 0 Å². The van der Waals surface area contributed by atoms with Gasteiger partial charge in [0, 0.05) is 0 Å². The predicted molar refractivity (Wildman–Crippen MR) is 115 cm³/mol. The molecule has 0 unspecified atom stereocenters. The topological polar surface area (TPSA) is 53.4 Å². The van der Waals surface area contributed by atoms with E-state index in [0.717, 1.165) is 0 Å². The molecule has 0 bridgehead atoms. The number of hydrogen-bond donors (Lipinski definition) is 0. The number of carbonyl (C=O) groups excluding carboxylic acids is 1. The van der Waals surface area contributed by atoms with Crippen molar-refractivity contribution in [2.75, 3.05) is 6.61 Å². The molecule has 0 aliphatic carbocycles. The SMILES string of the molecule is CCOc1ccccc1C(=O)Oc1c(Sc2c(F)c(F)c(F)c(F)c2F)c(C)nn1C(C)(C)C. The summed E-state index contributed by atoms with van der Waals surface area (Å²) in [5, 5.41) is 4.29. The molecule has 0 saturated carbocycles. The summed E-state index contributed by atoms with van der Waals surface area (Å²) in [4.78, 5) is 11.8. The maximum Gasteiger partial charge on any atom is 0.348 e. The maximum atomic E-state index is 14.4. The van der Waals surface area contributed by atoms with E-state index in [9.17, 15) is 26.7 Å². The van der Waals surface area contributed by atoms with Crippen LogP contribution >= 0.6 is 11.8 Å². The Morgan fingerprint density at radius 1 is 0.971 bits per heavy atom. The van der Waals surface area contributed by atoms with Crippen LogP contribution in [-0.4, -0.2) is 22.4 Å². The van der Waals surface area contributed by atoms with Crippen LogP contribution in [0.2, 0.25) is 0 Å². The van der Waals surface area contributed by atoms with E-state index >= 15 is 0 Å². The van der Waals surface area contributed by atoms with Gasteiger partial charge in [0.1, 0.15) is 11.3 Å². The van der Waals surface area contributed by atoms with Crippen LogP contribution in [0.3, 0.4) is 0 Å². The van der Waals surface area contributed by atoms with Gasteiger partial charge in [0.05, 0.1) is 27.6 Å². The lowest BCUT2D eigenvalue weighted by Crippen LogP contribution is -2.25. The first-order valence-electron chi connectivity index (χ1n) is 10.1. The van der Waals surface area contributed by atoms with Crippen molar-refractivity contribution in [1.29, 1.82) is 0 Å². The minimum Gasteiger partial charge on any atom is -0.493 e. The third-order valence-electron chi connectivity index (χ3n) is 4.57. The van der Waals surface area contributed by atoms with Gasteiger partial charge in [-0.1, -0.05) is 23.9 Å². The van der Waals surface area contributed by atoms with Crippen molar-refractivity contribution in [1.82, 2.24) is 9.78 Å². The molecule has 11 heteroatoms. The van der Waals surface area contributed by atoms with Crippen molar-refractivity contribution in [2.24, 2.45) is 0 Å². The standard InChI is InChI=1S/C23H21F5N2O3S/c1-6-32-13-10-8-7-9-12(13)22(31)33-21-19(11(2)29-30(21)23(3,4)5)34-20-17(27)15(25)14(24)16(26)18(20)28/h7-10H,6H2,1-5H3. The molecule has 1 heterocycles. The van der Waals surface area contributed by atoms with Crippen LogP contribution < -0.4 is 9.47 Å². The van der Waals surface area contributed by atoms with Gasteiger partial charge in [-0.3, -0.25) is 0 Å². The van der Waals surface area contributed by atoms with Crippen LogP contribution in [0.4, 0.5) is 22.0 Å². The Kier molecular flexibility index (Phi) is 7.25. The van der Waals surface area contributed by atoms with Gasteiger partial charge in [-0.2, -0.15) is 5.10 Å². The summed E-state index contributed by atoms with van der Waals surface area (Å²) in [6.07, 6.45) is 0. The lowest BCUT2D eigenvalue weighted by atomic mass is 10.1. The number of esters is 1. The fourth-order valence-corrected chi connectivity index (χ4v) is 3.96. The molecule has 2 aromatic carbocycles. The van der Waals surface area contributed by atoms with Crippen LogP contribution in [0.1, 0.15) is 43.7 Å². The van der Waals surface area contributed by atoms with Crippen molar-refractivity contribution in [3.05, 3.63) is 64.6 Å².